The van der Waals surface area contributed by atoms with E-state index in [9.17, 15) is 0 Å². The predicted octanol–water partition coefficient (Wildman–Crippen LogP) is 12.8. The van der Waals surface area contributed by atoms with Crippen molar-refractivity contribution < 1.29 is 13.3 Å². The fourth-order valence-corrected chi connectivity index (χ4v) is 19.6. The molecule has 3 aromatic carbocycles. The molecule has 3 aromatic heterocycles. The van der Waals surface area contributed by atoms with E-state index < -0.39 is 48.9 Å². The van der Waals surface area contributed by atoms with Gasteiger partial charge in [-0.2, -0.15) is 0 Å². The van der Waals surface area contributed by atoms with E-state index in [0.29, 0.717) is 0 Å². The van der Waals surface area contributed by atoms with Gasteiger partial charge in [0.15, 0.2) is 0 Å². The molecule has 0 fully saturated rings. The first-order valence-electron chi connectivity index (χ1n) is 22.6. The van der Waals surface area contributed by atoms with Crippen LogP contribution in [0.15, 0.2) is 91.4 Å². The first kappa shape index (κ1) is 48.2. The summed E-state index contributed by atoms with van der Waals surface area (Å²) in [5.41, 5.74) is 4.54. The molecular formula is C51H75BiN3O3Si3. The first-order chi connectivity index (χ1) is 28.5. The Labute approximate surface area is 382 Å². The molecule has 61 heavy (non-hydrogen) atoms. The van der Waals surface area contributed by atoms with Crippen LogP contribution in [0.1, 0.15) is 120 Å². The van der Waals surface area contributed by atoms with Crippen LogP contribution in [0.4, 0.5) is 0 Å². The summed E-state index contributed by atoms with van der Waals surface area (Å²) in [6.07, 6.45) is 13.2. The molecule has 0 spiro atoms. The summed E-state index contributed by atoms with van der Waals surface area (Å²) >= 11 is -3.03. The quantitative estimate of drug-likeness (QED) is 0.0806. The van der Waals surface area contributed by atoms with Crippen molar-refractivity contribution in [3.63, 3.8) is 0 Å². The van der Waals surface area contributed by atoms with Crippen LogP contribution in [-0.2, 0) is 13.3 Å². The van der Waals surface area contributed by atoms with Crippen molar-refractivity contribution in [3.05, 3.63) is 91.4 Å². The molecule has 3 radical (unpaired) electrons. The zero-order valence-electron chi connectivity index (χ0n) is 40.1. The van der Waals surface area contributed by atoms with Crippen molar-refractivity contribution >= 4 is 91.4 Å². The van der Waals surface area contributed by atoms with Crippen LogP contribution in [0.5, 0.6) is 0 Å². The second-order valence-corrected chi connectivity index (χ2v) is 36.3. The van der Waals surface area contributed by atoms with Crippen molar-refractivity contribution in [2.75, 3.05) is 0 Å². The molecule has 0 saturated heterocycles. The first-order valence-corrected chi connectivity index (χ1v) is 35.0. The van der Waals surface area contributed by atoms with Gasteiger partial charge in [0.1, 0.15) is 0 Å². The molecule has 3 atom stereocenters. The zero-order chi connectivity index (χ0) is 44.4. The molecule has 0 aliphatic heterocycles. The molecule has 6 aromatic rings. The van der Waals surface area contributed by atoms with Crippen molar-refractivity contribution in [2.45, 2.75) is 159 Å². The number of fused-ring (bicyclic) bond motifs is 3. The Morgan fingerprint density at radius 2 is 0.689 bits per heavy atom. The number of nitrogens with zero attached hydrogens (tertiary/aromatic N) is 3. The normalized spacial score (nSPS) is 14.8. The summed E-state index contributed by atoms with van der Waals surface area (Å²) in [5.74, 6) is 0. The molecule has 329 valence electrons. The molecule has 0 N–H and O–H groups in total. The van der Waals surface area contributed by atoms with Gasteiger partial charge in [0.25, 0.3) is 0 Å². The van der Waals surface area contributed by atoms with E-state index in [1.165, 1.54) is 42.5 Å². The van der Waals surface area contributed by atoms with Gasteiger partial charge in [-0.3, -0.25) is 0 Å². The number of hydrogen-bond donors (Lipinski definition) is 0. The van der Waals surface area contributed by atoms with Crippen LogP contribution in [-0.4, -0.2) is 62.6 Å². The molecule has 0 aliphatic rings. The van der Waals surface area contributed by atoms with Crippen molar-refractivity contribution in [2.24, 2.45) is 16.2 Å². The van der Waals surface area contributed by atoms with Gasteiger partial charge in [0.2, 0.25) is 0 Å². The molecular weight excluding hydrogens is 996 g/mol. The Morgan fingerprint density at radius 1 is 0.426 bits per heavy atom. The van der Waals surface area contributed by atoms with E-state index in [2.05, 4.69) is 207 Å². The Balaban J connectivity index is 1.54. The Morgan fingerprint density at radius 3 is 0.918 bits per heavy atom. The molecule has 0 aliphatic carbocycles. The van der Waals surface area contributed by atoms with Crippen molar-refractivity contribution in [3.8, 4) is 0 Å². The summed E-state index contributed by atoms with van der Waals surface area (Å²) in [7, 11) is -2.78. The molecule has 6 rings (SSSR count). The molecule has 0 bridgehead atoms. The molecule has 3 heterocycles. The van der Waals surface area contributed by atoms with Crippen LogP contribution in [0.2, 0.25) is 39.3 Å². The maximum absolute atomic E-state index is 6.81. The van der Waals surface area contributed by atoms with Crippen LogP contribution >= 0.6 is 0 Å². The van der Waals surface area contributed by atoms with Crippen LogP contribution in [0.25, 0.3) is 32.7 Å². The zero-order valence-corrected chi connectivity index (χ0v) is 46.6. The Kier molecular flexibility index (Phi) is 15.7. The van der Waals surface area contributed by atoms with Crippen molar-refractivity contribution in [1.82, 2.24) is 13.7 Å². The van der Waals surface area contributed by atoms with Crippen LogP contribution in [0, 0.1) is 16.2 Å². The Bertz CT molecular complexity index is 2100. The van der Waals surface area contributed by atoms with E-state index in [4.69, 9.17) is 13.3 Å². The summed E-state index contributed by atoms with van der Waals surface area (Å²) in [4.78, 5) is 0. The molecule has 0 amide bonds. The van der Waals surface area contributed by atoms with Gasteiger partial charge >= 0.3 is 385 Å². The van der Waals surface area contributed by atoms with Gasteiger partial charge in [0, 0.05) is 0 Å². The number of hydrogen-bond acceptors (Lipinski definition) is 3. The molecule has 3 unspecified atom stereocenters. The van der Waals surface area contributed by atoms with Gasteiger partial charge < -0.3 is 0 Å². The fourth-order valence-electron chi connectivity index (χ4n) is 8.28. The topological polar surface area (TPSA) is 42.5 Å². The summed E-state index contributed by atoms with van der Waals surface area (Å²) in [6.45, 7) is 34.6. The maximum atomic E-state index is 6.81. The van der Waals surface area contributed by atoms with Gasteiger partial charge in [0.05, 0.1) is 0 Å². The summed E-state index contributed by atoms with van der Waals surface area (Å²) in [6, 6.07) is 29.0. The fraction of sp³-hybridized carbons (Fsp3) is 0.529. The standard InChI is InChI=1S/3C17H25NOSi.Bi/c3*1-17(2,3)12-10-16(19-20(4)5)18-13-11-14-8-6-7-9-15(14)18;/h3*6,8-9,11,13,16H,10,12H2,1-5H3;. The predicted molar refractivity (Wildman–Crippen MR) is 269 cm³/mol. The van der Waals surface area contributed by atoms with Crippen molar-refractivity contribution in [1.29, 1.82) is 0 Å². The van der Waals surface area contributed by atoms with Gasteiger partial charge in [-0.05, 0) is 0 Å². The van der Waals surface area contributed by atoms with E-state index in [0.717, 1.165) is 38.5 Å². The second-order valence-electron chi connectivity index (χ2n) is 21.5. The average Bonchev–Trinajstić information content (AvgIpc) is 3.89. The molecule has 10 heteroatoms. The van der Waals surface area contributed by atoms with E-state index in [1.54, 1.807) is 0 Å². The van der Waals surface area contributed by atoms with E-state index >= 15 is 0 Å². The molecule has 6 nitrogen and oxygen atoms in total. The van der Waals surface area contributed by atoms with Crippen LogP contribution in [0.3, 0.4) is 0 Å². The monoisotopic (exact) mass is 1070 g/mol. The number of rotatable bonds is 18. The van der Waals surface area contributed by atoms with Gasteiger partial charge in [-0.1, -0.05) is 0 Å². The minimum atomic E-state index is -3.03. The van der Waals surface area contributed by atoms with Gasteiger partial charge in [-0.25, -0.2) is 0 Å². The Hall–Kier alpha value is -2.31. The second kappa shape index (κ2) is 19.8. The number of benzene rings is 3. The average molecular weight is 1070 g/mol. The molecule has 0 saturated carbocycles. The van der Waals surface area contributed by atoms with Gasteiger partial charge in [-0.15, -0.1) is 0 Å². The summed E-state index contributed by atoms with van der Waals surface area (Å²) < 4.78 is 32.2. The summed E-state index contributed by atoms with van der Waals surface area (Å²) in [5, 5.41) is 3.83. The SMILES string of the molecule is C[Si](C)OC(CCC(C)(C)C)n1ccc2cc[c]([Bi]([c]3ccc4ccn(C(CCC(C)(C)C)O[Si](C)C)c4c3)[c]3ccc4ccn(C(CCC(C)(C)C)O[Si](C)C)c4c3)cc21. The van der Waals surface area contributed by atoms with E-state index in [1.807, 2.05) is 0 Å². The third-order valence-electron chi connectivity index (χ3n) is 11.4. The number of aromatic nitrogens is 3. The van der Waals surface area contributed by atoms with E-state index in [-0.39, 0.29) is 34.9 Å². The third kappa shape index (κ3) is 12.9. The third-order valence-corrected chi connectivity index (χ3v) is 22.9. The minimum absolute atomic E-state index is 0.0187. The van der Waals surface area contributed by atoms with Crippen LogP contribution < -0.4 is 9.81 Å².